The van der Waals surface area contributed by atoms with E-state index in [0.29, 0.717) is 18.0 Å². The van der Waals surface area contributed by atoms with Crippen molar-refractivity contribution < 1.29 is 4.79 Å². The molecule has 1 rings (SSSR count). The van der Waals surface area contributed by atoms with E-state index in [0.717, 1.165) is 17.8 Å². The number of hydrogen-bond donors (Lipinski definition) is 2. The number of nitrogens with one attached hydrogen (secondary N) is 2. The zero-order valence-electron chi connectivity index (χ0n) is 9.64. The molecule has 1 aromatic carbocycles. The first-order chi connectivity index (χ1) is 7.63. The highest BCUT2D eigenvalue weighted by atomic mass is 35.5. The second-order valence-electron chi connectivity index (χ2n) is 3.62. The van der Waals surface area contributed by atoms with E-state index in [1.165, 1.54) is 0 Å². The fourth-order valence-electron chi connectivity index (χ4n) is 1.27. The average Bonchev–Trinajstić information content (AvgIpc) is 2.24. The molecule has 0 heterocycles. The van der Waals surface area contributed by atoms with Crippen molar-refractivity contribution in [3.63, 3.8) is 0 Å². The normalized spacial score (nSPS) is 10.2. The van der Waals surface area contributed by atoms with Gasteiger partial charge in [-0.3, -0.25) is 4.79 Å². The van der Waals surface area contributed by atoms with Crippen LogP contribution in [0.15, 0.2) is 18.2 Å². The Morgan fingerprint density at radius 2 is 2.19 bits per heavy atom. The number of halogens is 1. The number of amides is 1. The summed E-state index contributed by atoms with van der Waals surface area (Å²) in [6, 6.07) is 5.51. The topological polar surface area (TPSA) is 41.1 Å². The Kier molecular flexibility index (Phi) is 5.29. The summed E-state index contributed by atoms with van der Waals surface area (Å²) >= 11 is 5.96. The van der Waals surface area contributed by atoms with Crippen molar-refractivity contribution in [1.82, 2.24) is 5.32 Å². The lowest BCUT2D eigenvalue weighted by molar-refractivity contribution is -0.116. The molecule has 1 amide bonds. The van der Waals surface area contributed by atoms with Gasteiger partial charge in [0.1, 0.15) is 0 Å². The number of rotatable bonds is 5. The minimum Gasteiger partial charge on any atom is -0.326 e. The summed E-state index contributed by atoms with van der Waals surface area (Å²) < 4.78 is 0. The molecule has 0 fully saturated rings. The lowest BCUT2D eigenvalue weighted by Gasteiger charge is -2.07. The molecular formula is C12H17ClN2O. The molecule has 4 heteroatoms. The molecule has 1 aromatic rings. The molecule has 88 valence electrons. The summed E-state index contributed by atoms with van der Waals surface area (Å²) in [6.45, 7) is 5.52. The van der Waals surface area contributed by atoms with Crippen LogP contribution >= 0.6 is 11.6 Å². The van der Waals surface area contributed by atoms with Gasteiger partial charge >= 0.3 is 0 Å². The summed E-state index contributed by atoms with van der Waals surface area (Å²) in [5.74, 6) is 0.000805. The quantitative estimate of drug-likeness (QED) is 0.777. The molecule has 0 aromatic heterocycles. The Labute approximate surface area is 101 Å². The fraction of sp³-hybridized carbons (Fsp3) is 0.417. The molecule has 2 N–H and O–H groups in total. The van der Waals surface area contributed by atoms with Gasteiger partial charge in [-0.05, 0) is 31.2 Å². The second kappa shape index (κ2) is 6.51. The van der Waals surface area contributed by atoms with E-state index in [1.807, 2.05) is 26.0 Å². The Bertz CT molecular complexity index is 366. The van der Waals surface area contributed by atoms with E-state index >= 15 is 0 Å². The van der Waals surface area contributed by atoms with E-state index in [4.69, 9.17) is 11.6 Å². The van der Waals surface area contributed by atoms with Gasteiger partial charge in [-0.15, -0.1) is 0 Å². The molecule has 0 atom stereocenters. The van der Waals surface area contributed by atoms with Crippen LogP contribution in [0.5, 0.6) is 0 Å². The van der Waals surface area contributed by atoms with Crippen molar-refractivity contribution in [2.24, 2.45) is 0 Å². The zero-order valence-corrected chi connectivity index (χ0v) is 10.4. The Morgan fingerprint density at radius 1 is 1.44 bits per heavy atom. The van der Waals surface area contributed by atoms with Gasteiger partial charge in [0.05, 0.1) is 0 Å². The highest BCUT2D eigenvalue weighted by molar-refractivity contribution is 6.31. The SMILES string of the molecule is CCNCCC(=O)Nc1ccc(C)c(Cl)c1. The second-order valence-corrected chi connectivity index (χ2v) is 4.02. The molecule has 3 nitrogen and oxygen atoms in total. The Hall–Kier alpha value is -1.06. The number of hydrogen-bond acceptors (Lipinski definition) is 2. The molecule has 0 spiro atoms. The number of aryl methyl sites for hydroxylation is 1. The summed E-state index contributed by atoms with van der Waals surface area (Å²) in [4.78, 5) is 11.5. The highest BCUT2D eigenvalue weighted by Gasteiger charge is 2.03. The van der Waals surface area contributed by atoms with Gasteiger partial charge in [0.15, 0.2) is 0 Å². The molecular weight excluding hydrogens is 224 g/mol. The minimum absolute atomic E-state index is 0.000805. The molecule has 0 unspecified atom stereocenters. The van der Waals surface area contributed by atoms with Crippen LogP contribution in [-0.4, -0.2) is 19.0 Å². The van der Waals surface area contributed by atoms with Gasteiger partial charge in [-0.2, -0.15) is 0 Å². The molecule has 0 saturated carbocycles. The number of carbonyl (C=O) groups is 1. The van der Waals surface area contributed by atoms with Crippen LogP contribution in [-0.2, 0) is 4.79 Å². The maximum Gasteiger partial charge on any atom is 0.225 e. The summed E-state index contributed by atoms with van der Waals surface area (Å²) in [5, 5.41) is 6.57. The lowest BCUT2D eigenvalue weighted by Crippen LogP contribution is -2.21. The van der Waals surface area contributed by atoms with Gasteiger partial charge in [-0.25, -0.2) is 0 Å². The lowest BCUT2D eigenvalue weighted by atomic mass is 10.2. The standard InChI is InChI=1S/C12H17ClN2O/c1-3-14-7-6-12(16)15-10-5-4-9(2)11(13)8-10/h4-5,8,14H,3,6-7H2,1-2H3,(H,15,16). The monoisotopic (exact) mass is 240 g/mol. The zero-order chi connectivity index (χ0) is 12.0. The molecule has 0 aliphatic carbocycles. The predicted octanol–water partition coefficient (Wildman–Crippen LogP) is 2.59. The minimum atomic E-state index is 0.000805. The van der Waals surface area contributed by atoms with E-state index in [-0.39, 0.29) is 5.91 Å². The van der Waals surface area contributed by atoms with Crippen LogP contribution in [0.1, 0.15) is 18.9 Å². The third kappa shape index (κ3) is 4.21. The largest absolute Gasteiger partial charge is 0.326 e. The van der Waals surface area contributed by atoms with Crippen molar-refractivity contribution in [2.75, 3.05) is 18.4 Å². The van der Waals surface area contributed by atoms with Crippen LogP contribution in [0.4, 0.5) is 5.69 Å². The smallest absolute Gasteiger partial charge is 0.225 e. The van der Waals surface area contributed by atoms with E-state index in [2.05, 4.69) is 10.6 Å². The molecule has 16 heavy (non-hydrogen) atoms. The van der Waals surface area contributed by atoms with Crippen molar-refractivity contribution in [3.05, 3.63) is 28.8 Å². The molecule has 0 aliphatic heterocycles. The van der Waals surface area contributed by atoms with E-state index in [1.54, 1.807) is 6.07 Å². The van der Waals surface area contributed by atoms with Crippen molar-refractivity contribution >= 4 is 23.2 Å². The maximum absolute atomic E-state index is 11.5. The first-order valence-electron chi connectivity index (χ1n) is 5.40. The third-order valence-electron chi connectivity index (χ3n) is 2.23. The number of anilines is 1. The van der Waals surface area contributed by atoms with E-state index < -0.39 is 0 Å². The number of carbonyl (C=O) groups excluding carboxylic acids is 1. The summed E-state index contributed by atoms with van der Waals surface area (Å²) in [6.07, 6.45) is 0.472. The van der Waals surface area contributed by atoms with Crippen molar-refractivity contribution in [3.8, 4) is 0 Å². The van der Waals surface area contributed by atoms with Crippen LogP contribution in [0.3, 0.4) is 0 Å². The molecule has 0 saturated heterocycles. The molecule has 0 radical (unpaired) electrons. The van der Waals surface area contributed by atoms with Gasteiger partial charge in [0.2, 0.25) is 5.91 Å². The first kappa shape index (κ1) is 13.0. The average molecular weight is 241 g/mol. The molecule has 0 bridgehead atoms. The van der Waals surface area contributed by atoms with Gasteiger partial charge in [0, 0.05) is 23.7 Å². The van der Waals surface area contributed by atoms with E-state index in [9.17, 15) is 4.79 Å². The van der Waals surface area contributed by atoms with Gasteiger partial charge in [-0.1, -0.05) is 24.6 Å². The van der Waals surface area contributed by atoms with Crippen molar-refractivity contribution in [2.45, 2.75) is 20.3 Å². The Balaban J connectivity index is 2.46. The predicted molar refractivity (Wildman–Crippen MR) is 68.0 cm³/mol. The Morgan fingerprint density at radius 3 is 2.81 bits per heavy atom. The summed E-state index contributed by atoms with van der Waals surface area (Å²) in [5.41, 5.74) is 1.75. The van der Waals surface area contributed by atoms with Crippen molar-refractivity contribution in [1.29, 1.82) is 0 Å². The van der Waals surface area contributed by atoms with Crippen LogP contribution < -0.4 is 10.6 Å². The highest BCUT2D eigenvalue weighted by Crippen LogP contribution is 2.19. The van der Waals surface area contributed by atoms with Gasteiger partial charge < -0.3 is 10.6 Å². The first-order valence-corrected chi connectivity index (χ1v) is 5.78. The molecule has 0 aliphatic rings. The number of benzene rings is 1. The maximum atomic E-state index is 11.5. The van der Waals surface area contributed by atoms with Gasteiger partial charge in [0.25, 0.3) is 0 Å². The fourth-order valence-corrected chi connectivity index (χ4v) is 1.45. The van der Waals surface area contributed by atoms with Crippen LogP contribution in [0.2, 0.25) is 5.02 Å². The van der Waals surface area contributed by atoms with Crippen LogP contribution in [0.25, 0.3) is 0 Å². The van der Waals surface area contributed by atoms with Crippen LogP contribution in [0, 0.1) is 6.92 Å². The third-order valence-corrected chi connectivity index (χ3v) is 2.64. The summed E-state index contributed by atoms with van der Waals surface area (Å²) in [7, 11) is 0.